The van der Waals surface area contributed by atoms with Gasteiger partial charge in [-0.05, 0) is 42.8 Å². The van der Waals surface area contributed by atoms with Gasteiger partial charge in [0.2, 0.25) is 0 Å². The molecule has 0 aromatic heterocycles. The number of hydrogen-bond donors (Lipinski definition) is 0. The van der Waals surface area contributed by atoms with Crippen molar-refractivity contribution in [2.45, 2.75) is 25.3 Å². The summed E-state index contributed by atoms with van der Waals surface area (Å²) in [5.74, 6) is 0.811. The average Bonchev–Trinajstić information content (AvgIpc) is 2.56. The fourth-order valence-electron chi connectivity index (χ4n) is 3.24. The van der Waals surface area contributed by atoms with E-state index in [1.165, 1.54) is 19.3 Å². The van der Waals surface area contributed by atoms with E-state index in [0.29, 0.717) is 0 Å². The Kier molecular flexibility index (Phi) is 4.08. The van der Waals surface area contributed by atoms with E-state index in [4.69, 9.17) is 4.74 Å². The molecule has 0 N–H and O–H groups in total. The minimum absolute atomic E-state index is 0.230. The molecule has 0 bridgehead atoms. The second kappa shape index (κ2) is 6.15. The first-order valence-corrected chi connectivity index (χ1v) is 7.54. The lowest BCUT2D eigenvalue weighted by atomic mass is 9.95. The maximum atomic E-state index is 9.76. The number of nitriles is 1. The summed E-state index contributed by atoms with van der Waals surface area (Å²) >= 11 is 0. The van der Waals surface area contributed by atoms with Crippen LogP contribution in [0.4, 0.5) is 0 Å². The van der Waals surface area contributed by atoms with Gasteiger partial charge in [0, 0.05) is 5.56 Å². The minimum Gasteiger partial charge on any atom is -0.496 e. The summed E-state index contributed by atoms with van der Waals surface area (Å²) in [5.41, 5.74) is 1.01. The molecule has 2 aromatic rings. The quantitative estimate of drug-likeness (QED) is 0.855. The van der Waals surface area contributed by atoms with Crippen LogP contribution >= 0.6 is 0 Å². The lowest BCUT2D eigenvalue weighted by Crippen LogP contribution is -2.33. The highest BCUT2D eigenvalue weighted by Crippen LogP contribution is 2.36. The molecule has 0 spiro atoms. The van der Waals surface area contributed by atoms with Gasteiger partial charge in [0.05, 0.1) is 13.2 Å². The molecule has 1 atom stereocenters. The van der Waals surface area contributed by atoms with Gasteiger partial charge in [0.1, 0.15) is 11.8 Å². The molecule has 1 heterocycles. The largest absolute Gasteiger partial charge is 0.496 e. The number of methoxy groups -OCH3 is 1. The minimum atomic E-state index is -0.230. The van der Waals surface area contributed by atoms with Gasteiger partial charge in [-0.25, -0.2) is 0 Å². The molecule has 1 unspecified atom stereocenters. The Hall–Kier alpha value is -2.05. The predicted octanol–water partition coefficient (Wildman–Crippen LogP) is 3.90. The molecule has 1 saturated heterocycles. The highest BCUT2D eigenvalue weighted by Gasteiger charge is 2.26. The number of likely N-dealkylation sites (tertiary alicyclic amines) is 1. The fraction of sp³-hybridized carbons (Fsp3) is 0.389. The monoisotopic (exact) mass is 280 g/mol. The summed E-state index contributed by atoms with van der Waals surface area (Å²) < 4.78 is 5.55. The molecule has 0 saturated carbocycles. The number of piperidine rings is 1. The van der Waals surface area contributed by atoms with Gasteiger partial charge in [-0.15, -0.1) is 0 Å². The summed E-state index contributed by atoms with van der Waals surface area (Å²) in [6.45, 7) is 1.98. The van der Waals surface area contributed by atoms with Gasteiger partial charge in [0.25, 0.3) is 0 Å². The Morgan fingerprint density at radius 2 is 1.86 bits per heavy atom. The first-order valence-electron chi connectivity index (χ1n) is 7.54. The molecule has 1 aliphatic heterocycles. The van der Waals surface area contributed by atoms with E-state index in [-0.39, 0.29) is 6.04 Å². The smallest absolute Gasteiger partial charge is 0.128 e. The molecule has 108 valence electrons. The first-order chi connectivity index (χ1) is 10.3. The standard InChI is InChI=1S/C18H20N2O/c1-21-17-10-9-14-7-3-4-8-15(14)18(17)16(13-19)20-11-5-2-6-12-20/h3-4,7-10,16H,2,5-6,11-12H2,1H3. The highest BCUT2D eigenvalue weighted by atomic mass is 16.5. The van der Waals surface area contributed by atoms with E-state index < -0.39 is 0 Å². The van der Waals surface area contributed by atoms with Crippen LogP contribution in [-0.4, -0.2) is 25.1 Å². The number of fused-ring (bicyclic) bond motifs is 1. The van der Waals surface area contributed by atoms with Gasteiger partial charge >= 0.3 is 0 Å². The van der Waals surface area contributed by atoms with Gasteiger partial charge in [0.15, 0.2) is 0 Å². The van der Waals surface area contributed by atoms with Gasteiger partial charge in [-0.3, -0.25) is 4.90 Å². The van der Waals surface area contributed by atoms with Crippen molar-refractivity contribution >= 4 is 10.8 Å². The maximum absolute atomic E-state index is 9.76. The van der Waals surface area contributed by atoms with Crippen molar-refractivity contribution in [3.05, 3.63) is 42.0 Å². The third-order valence-electron chi connectivity index (χ3n) is 4.30. The number of benzene rings is 2. The van der Waals surface area contributed by atoms with Crippen molar-refractivity contribution in [2.75, 3.05) is 20.2 Å². The van der Waals surface area contributed by atoms with E-state index in [9.17, 15) is 5.26 Å². The van der Waals surface area contributed by atoms with Crippen LogP contribution < -0.4 is 4.74 Å². The molecule has 0 radical (unpaired) electrons. The first kappa shape index (κ1) is 13.9. The second-order valence-electron chi connectivity index (χ2n) is 5.53. The molecule has 3 heteroatoms. The van der Waals surface area contributed by atoms with Crippen LogP contribution in [0.1, 0.15) is 30.9 Å². The van der Waals surface area contributed by atoms with E-state index >= 15 is 0 Å². The number of rotatable bonds is 3. The van der Waals surface area contributed by atoms with Gasteiger partial charge in [-0.2, -0.15) is 5.26 Å². The van der Waals surface area contributed by atoms with Crippen LogP contribution in [0, 0.1) is 11.3 Å². The van der Waals surface area contributed by atoms with Crippen molar-refractivity contribution in [1.82, 2.24) is 4.90 Å². The molecule has 1 aliphatic rings. The molecule has 3 rings (SSSR count). The van der Waals surface area contributed by atoms with Crippen LogP contribution in [0.3, 0.4) is 0 Å². The van der Waals surface area contributed by atoms with Crippen LogP contribution in [0.5, 0.6) is 5.75 Å². The third-order valence-corrected chi connectivity index (χ3v) is 4.30. The Labute approximate surface area is 125 Å². The van der Waals surface area contributed by atoms with Crippen molar-refractivity contribution in [1.29, 1.82) is 5.26 Å². The van der Waals surface area contributed by atoms with Crippen molar-refractivity contribution in [3.63, 3.8) is 0 Å². The van der Waals surface area contributed by atoms with Crippen LogP contribution in [-0.2, 0) is 0 Å². The van der Waals surface area contributed by atoms with E-state index in [1.807, 2.05) is 18.2 Å². The molecule has 3 nitrogen and oxygen atoms in total. The Bertz CT molecular complexity index is 668. The molecule has 0 aliphatic carbocycles. The van der Waals surface area contributed by atoms with Crippen molar-refractivity contribution in [2.24, 2.45) is 0 Å². The van der Waals surface area contributed by atoms with Crippen molar-refractivity contribution in [3.8, 4) is 11.8 Å². The van der Waals surface area contributed by atoms with Gasteiger partial charge in [-0.1, -0.05) is 36.8 Å². The van der Waals surface area contributed by atoms with Gasteiger partial charge < -0.3 is 4.74 Å². The number of hydrogen-bond acceptors (Lipinski definition) is 3. The van der Waals surface area contributed by atoms with E-state index in [0.717, 1.165) is 35.2 Å². The lowest BCUT2D eigenvalue weighted by molar-refractivity contribution is 0.194. The SMILES string of the molecule is COc1ccc2ccccc2c1C(C#N)N1CCCCC1. The zero-order valence-electron chi connectivity index (χ0n) is 12.4. The summed E-state index contributed by atoms with van der Waals surface area (Å²) in [6, 6.07) is 14.5. The van der Waals surface area contributed by atoms with E-state index in [2.05, 4.69) is 29.2 Å². The highest BCUT2D eigenvalue weighted by molar-refractivity contribution is 5.88. The normalized spacial score (nSPS) is 17.3. The fourth-order valence-corrected chi connectivity index (χ4v) is 3.24. The summed E-state index contributed by atoms with van der Waals surface area (Å²) in [5, 5.41) is 12.0. The molecular formula is C18H20N2O. The zero-order valence-corrected chi connectivity index (χ0v) is 12.4. The Morgan fingerprint density at radius 1 is 1.10 bits per heavy atom. The summed E-state index contributed by atoms with van der Waals surface area (Å²) in [7, 11) is 1.68. The Morgan fingerprint density at radius 3 is 2.57 bits per heavy atom. The molecule has 21 heavy (non-hydrogen) atoms. The molecular weight excluding hydrogens is 260 g/mol. The van der Waals surface area contributed by atoms with Crippen LogP contribution in [0.15, 0.2) is 36.4 Å². The van der Waals surface area contributed by atoms with Crippen LogP contribution in [0.25, 0.3) is 10.8 Å². The summed E-state index contributed by atoms with van der Waals surface area (Å²) in [6.07, 6.45) is 3.61. The maximum Gasteiger partial charge on any atom is 0.128 e. The number of ether oxygens (including phenoxy) is 1. The molecule has 1 fully saturated rings. The molecule has 0 amide bonds. The zero-order chi connectivity index (χ0) is 14.7. The van der Waals surface area contributed by atoms with Crippen LogP contribution in [0.2, 0.25) is 0 Å². The predicted molar refractivity (Wildman–Crippen MR) is 84.3 cm³/mol. The lowest BCUT2D eigenvalue weighted by Gasteiger charge is -2.32. The number of nitrogens with zero attached hydrogens (tertiary/aromatic N) is 2. The second-order valence-corrected chi connectivity index (χ2v) is 5.53. The topological polar surface area (TPSA) is 36.3 Å². The average molecular weight is 280 g/mol. The summed E-state index contributed by atoms with van der Waals surface area (Å²) in [4.78, 5) is 2.29. The van der Waals surface area contributed by atoms with E-state index in [1.54, 1.807) is 7.11 Å². The van der Waals surface area contributed by atoms with Crippen molar-refractivity contribution < 1.29 is 4.74 Å². The Balaban J connectivity index is 2.13. The third kappa shape index (κ3) is 2.59. The molecule has 2 aromatic carbocycles.